The SMILES string of the molecule is CCOc1ccccc1C(=O)NCC(=O)OCc1ccc(Br)cc1. The molecule has 0 radical (unpaired) electrons. The van der Waals surface area contributed by atoms with E-state index in [1.165, 1.54) is 0 Å². The Morgan fingerprint density at radius 2 is 1.79 bits per heavy atom. The van der Waals surface area contributed by atoms with E-state index in [2.05, 4.69) is 21.2 Å². The number of esters is 1. The molecule has 2 rings (SSSR count). The van der Waals surface area contributed by atoms with Gasteiger partial charge in [-0.25, -0.2) is 0 Å². The van der Waals surface area contributed by atoms with E-state index in [4.69, 9.17) is 9.47 Å². The van der Waals surface area contributed by atoms with Crippen LogP contribution in [-0.4, -0.2) is 25.0 Å². The van der Waals surface area contributed by atoms with Crippen LogP contribution >= 0.6 is 15.9 Å². The van der Waals surface area contributed by atoms with E-state index in [1.807, 2.05) is 31.2 Å². The minimum atomic E-state index is -0.500. The van der Waals surface area contributed by atoms with Crippen LogP contribution in [0.25, 0.3) is 0 Å². The number of nitrogens with one attached hydrogen (secondary N) is 1. The van der Waals surface area contributed by atoms with Crippen molar-refractivity contribution in [1.82, 2.24) is 5.32 Å². The average Bonchev–Trinajstić information content (AvgIpc) is 2.60. The van der Waals surface area contributed by atoms with Gasteiger partial charge < -0.3 is 14.8 Å². The lowest BCUT2D eigenvalue weighted by atomic mass is 10.2. The van der Waals surface area contributed by atoms with Crippen molar-refractivity contribution >= 4 is 27.8 Å². The highest BCUT2D eigenvalue weighted by molar-refractivity contribution is 9.10. The highest BCUT2D eigenvalue weighted by Gasteiger charge is 2.13. The molecule has 0 aliphatic rings. The van der Waals surface area contributed by atoms with Gasteiger partial charge in [0.25, 0.3) is 5.91 Å². The van der Waals surface area contributed by atoms with Crippen LogP contribution in [0.2, 0.25) is 0 Å². The lowest BCUT2D eigenvalue weighted by Gasteiger charge is -2.10. The maximum absolute atomic E-state index is 12.2. The number of ether oxygens (including phenoxy) is 2. The van der Waals surface area contributed by atoms with Crippen molar-refractivity contribution in [3.05, 3.63) is 64.1 Å². The van der Waals surface area contributed by atoms with Crippen LogP contribution in [0.15, 0.2) is 53.0 Å². The van der Waals surface area contributed by atoms with E-state index in [0.29, 0.717) is 17.9 Å². The summed E-state index contributed by atoms with van der Waals surface area (Å²) in [6.45, 7) is 2.26. The van der Waals surface area contributed by atoms with E-state index < -0.39 is 5.97 Å². The first kappa shape index (κ1) is 18.0. The minimum absolute atomic E-state index is 0.164. The molecule has 0 fully saturated rings. The Morgan fingerprint density at radius 1 is 1.08 bits per heavy atom. The van der Waals surface area contributed by atoms with Gasteiger partial charge in [0.1, 0.15) is 18.9 Å². The van der Waals surface area contributed by atoms with Gasteiger partial charge in [-0.3, -0.25) is 9.59 Å². The molecule has 1 N–H and O–H groups in total. The molecule has 0 unspecified atom stereocenters. The summed E-state index contributed by atoms with van der Waals surface area (Å²) in [4.78, 5) is 23.9. The monoisotopic (exact) mass is 391 g/mol. The van der Waals surface area contributed by atoms with Gasteiger partial charge in [-0.15, -0.1) is 0 Å². The van der Waals surface area contributed by atoms with Crippen LogP contribution in [0, 0.1) is 0 Å². The molecule has 0 atom stereocenters. The molecule has 1 amide bonds. The quantitative estimate of drug-likeness (QED) is 0.735. The molecular weight excluding hydrogens is 374 g/mol. The van der Waals surface area contributed by atoms with Gasteiger partial charge in [0.15, 0.2) is 0 Å². The Hall–Kier alpha value is -2.34. The van der Waals surface area contributed by atoms with Crippen molar-refractivity contribution < 1.29 is 19.1 Å². The number of carbonyl (C=O) groups is 2. The average molecular weight is 392 g/mol. The number of rotatable bonds is 7. The molecule has 24 heavy (non-hydrogen) atoms. The predicted molar refractivity (Wildman–Crippen MR) is 93.9 cm³/mol. The van der Waals surface area contributed by atoms with Crippen LogP contribution in [0.4, 0.5) is 0 Å². The van der Waals surface area contributed by atoms with Crippen molar-refractivity contribution in [2.24, 2.45) is 0 Å². The molecule has 0 aliphatic heterocycles. The molecule has 0 heterocycles. The van der Waals surface area contributed by atoms with Crippen molar-refractivity contribution in [3.63, 3.8) is 0 Å². The molecule has 2 aromatic carbocycles. The Labute approximate surface area is 149 Å². The fourth-order valence-corrected chi connectivity index (χ4v) is 2.24. The zero-order valence-corrected chi connectivity index (χ0v) is 14.8. The van der Waals surface area contributed by atoms with Crippen molar-refractivity contribution in [2.75, 3.05) is 13.2 Å². The summed E-state index contributed by atoms with van der Waals surface area (Å²) in [5.41, 5.74) is 1.26. The zero-order chi connectivity index (χ0) is 17.4. The predicted octanol–water partition coefficient (Wildman–Crippen LogP) is 3.32. The van der Waals surface area contributed by atoms with E-state index in [1.54, 1.807) is 24.3 Å². The van der Waals surface area contributed by atoms with Crippen LogP contribution in [0.5, 0.6) is 5.75 Å². The number of para-hydroxylation sites is 1. The second-order valence-corrected chi connectivity index (χ2v) is 5.81. The summed E-state index contributed by atoms with van der Waals surface area (Å²) >= 11 is 3.34. The number of hydrogen-bond donors (Lipinski definition) is 1. The largest absolute Gasteiger partial charge is 0.493 e. The second kappa shape index (κ2) is 9.08. The van der Waals surface area contributed by atoms with E-state index in [0.717, 1.165) is 10.0 Å². The number of halogens is 1. The third kappa shape index (κ3) is 5.38. The smallest absolute Gasteiger partial charge is 0.325 e. The van der Waals surface area contributed by atoms with Gasteiger partial charge in [0, 0.05) is 4.47 Å². The molecule has 0 spiro atoms. The topological polar surface area (TPSA) is 64.6 Å². The Kier molecular flexibility index (Phi) is 6.81. The zero-order valence-electron chi connectivity index (χ0n) is 13.3. The van der Waals surface area contributed by atoms with Gasteiger partial charge in [0.05, 0.1) is 12.2 Å². The van der Waals surface area contributed by atoms with Crippen LogP contribution in [-0.2, 0) is 16.1 Å². The Balaban J connectivity index is 1.83. The molecule has 0 aliphatic carbocycles. The van der Waals surface area contributed by atoms with Crippen molar-refractivity contribution in [3.8, 4) is 5.75 Å². The first-order valence-electron chi connectivity index (χ1n) is 7.50. The van der Waals surface area contributed by atoms with Crippen LogP contribution in [0.1, 0.15) is 22.8 Å². The maximum Gasteiger partial charge on any atom is 0.325 e. The number of hydrogen-bond acceptors (Lipinski definition) is 4. The second-order valence-electron chi connectivity index (χ2n) is 4.90. The van der Waals surface area contributed by atoms with Gasteiger partial charge in [-0.1, -0.05) is 40.2 Å². The fourth-order valence-electron chi connectivity index (χ4n) is 1.98. The van der Waals surface area contributed by atoms with E-state index >= 15 is 0 Å². The minimum Gasteiger partial charge on any atom is -0.493 e. The summed E-state index contributed by atoms with van der Waals surface area (Å²) in [6.07, 6.45) is 0. The Morgan fingerprint density at radius 3 is 2.50 bits per heavy atom. The molecule has 126 valence electrons. The normalized spacial score (nSPS) is 10.1. The van der Waals surface area contributed by atoms with Crippen molar-refractivity contribution in [2.45, 2.75) is 13.5 Å². The molecule has 6 heteroatoms. The summed E-state index contributed by atoms with van der Waals surface area (Å²) in [5.74, 6) is -0.388. The molecular formula is C18H18BrNO4. The summed E-state index contributed by atoms with van der Waals surface area (Å²) in [7, 11) is 0. The van der Waals surface area contributed by atoms with E-state index in [9.17, 15) is 9.59 Å². The molecule has 2 aromatic rings. The van der Waals surface area contributed by atoms with E-state index in [-0.39, 0.29) is 19.1 Å². The summed E-state index contributed by atoms with van der Waals surface area (Å²) in [6, 6.07) is 14.3. The third-order valence-electron chi connectivity index (χ3n) is 3.14. The van der Waals surface area contributed by atoms with Gasteiger partial charge in [-0.05, 0) is 36.8 Å². The number of benzene rings is 2. The molecule has 0 saturated carbocycles. The van der Waals surface area contributed by atoms with Crippen LogP contribution < -0.4 is 10.1 Å². The molecule has 0 aromatic heterocycles. The number of carbonyl (C=O) groups excluding carboxylic acids is 2. The highest BCUT2D eigenvalue weighted by atomic mass is 79.9. The number of amides is 1. The first-order valence-corrected chi connectivity index (χ1v) is 8.29. The van der Waals surface area contributed by atoms with Gasteiger partial charge >= 0.3 is 5.97 Å². The molecule has 5 nitrogen and oxygen atoms in total. The highest BCUT2D eigenvalue weighted by Crippen LogP contribution is 2.17. The summed E-state index contributed by atoms with van der Waals surface area (Å²) in [5, 5.41) is 2.54. The van der Waals surface area contributed by atoms with Crippen LogP contribution in [0.3, 0.4) is 0 Å². The van der Waals surface area contributed by atoms with Crippen molar-refractivity contribution in [1.29, 1.82) is 0 Å². The first-order chi connectivity index (χ1) is 11.6. The maximum atomic E-state index is 12.2. The summed E-state index contributed by atoms with van der Waals surface area (Å²) < 4.78 is 11.5. The standard InChI is InChI=1S/C18H18BrNO4/c1-2-23-16-6-4-3-5-15(16)18(22)20-11-17(21)24-12-13-7-9-14(19)10-8-13/h3-10H,2,11-12H2,1H3,(H,20,22). The molecule has 0 bridgehead atoms. The van der Waals surface area contributed by atoms with Gasteiger partial charge in [-0.2, -0.15) is 0 Å². The Bertz CT molecular complexity index is 700. The lowest BCUT2D eigenvalue weighted by Crippen LogP contribution is -2.30. The lowest BCUT2D eigenvalue weighted by molar-refractivity contribution is -0.143. The third-order valence-corrected chi connectivity index (χ3v) is 3.67. The molecule has 0 saturated heterocycles. The fraction of sp³-hybridized carbons (Fsp3) is 0.222. The van der Waals surface area contributed by atoms with Gasteiger partial charge in [0.2, 0.25) is 0 Å².